The maximum Gasteiger partial charge on any atom is 0.254 e. The largest absolute Gasteiger partial charge is 0.494 e. The van der Waals surface area contributed by atoms with E-state index in [1.54, 1.807) is 12.3 Å². The number of carbonyl (C=O) groups excluding carboxylic acids is 3. The quantitative estimate of drug-likeness (QED) is 0.510. The zero-order chi connectivity index (χ0) is 28.8. The number of hydrogen-bond acceptors (Lipinski definition) is 6. The Labute approximate surface area is 240 Å². The van der Waals surface area contributed by atoms with Gasteiger partial charge in [-0.3, -0.25) is 14.4 Å². The molecule has 3 heterocycles. The minimum Gasteiger partial charge on any atom is -0.494 e. The molecule has 10 nitrogen and oxygen atoms in total. The Hall–Kier alpha value is -4.34. The number of ether oxygens (including phenoxy) is 2. The summed E-state index contributed by atoms with van der Waals surface area (Å²) < 4.78 is 13.6. The molecule has 3 amide bonds. The summed E-state index contributed by atoms with van der Waals surface area (Å²) in [5, 5.41) is 5.85. The average Bonchev–Trinajstić information content (AvgIpc) is 3.62. The van der Waals surface area contributed by atoms with Crippen molar-refractivity contribution in [3.63, 3.8) is 0 Å². The third-order valence-electron chi connectivity index (χ3n) is 7.22. The van der Waals surface area contributed by atoms with Gasteiger partial charge in [-0.05, 0) is 54.7 Å². The highest BCUT2D eigenvalue weighted by Crippen LogP contribution is 2.27. The van der Waals surface area contributed by atoms with Crippen LogP contribution in [0.15, 0.2) is 54.9 Å². The van der Waals surface area contributed by atoms with Crippen LogP contribution in [-0.2, 0) is 22.6 Å². The summed E-state index contributed by atoms with van der Waals surface area (Å²) in [6.45, 7) is 6.00. The molecule has 0 unspecified atom stereocenters. The second-order valence-electron chi connectivity index (χ2n) is 10.9. The molecule has 0 fully saturated rings. The van der Waals surface area contributed by atoms with E-state index in [1.807, 2.05) is 61.0 Å². The SMILES string of the molecule is CC(C)C[C@H]1NC(=O)CN(C(=O)c2ccc3c(c2)CCO3)CCCOc2cccc(c2)-c2nccn2CCNC1=O. The Morgan fingerprint density at radius 2 is 1.98 bits per heavy atom. The Morgan fingerprint density at radius 1 is 1.10 bits per heavy atom. The van der Waals surface area contributed by atoms with E-state index < -0.39 is 6.04 Å². The molecule has 3 aromatic rings. The minimum absolute atomic E-state index is 0.165. The van der Waals surface area contributed by atoms with Crippen LogP contribution in [0.1, 0.15) is 42.6 Å². The van der Waals surface area contributed by atoms with Gasteiger partial charge in [-0.1, -0.05) is 26.0 Å². The molecule has 1 aromatic heterocycles. The number of imidazole rings is 1. The Morgan fingerprint density at radius 3 is 2.83 bits per heavy atom. The van der Waals surface area contributed by atoms with Gasteiger partial charge >= 0.3 is 0 Å². The summed E-state index contributed by atoms with van der Waals surface area (Å²) in [4.78, 5) is 46.0. The molecule has 0 aliphatic carbocycles. The predicted molar refractivity (Wildman–Crippen MR) is 154 cm³/mol. The molecule has 10 heteroatoms. The molecule has 1 atom stereocenters. The second-order valence-corrected chi connectivity index (χ2v) is 10.9. The van der Waals surface area contributed by atoms with Gasteiger partial charge in [0.05, 0.1) is 19.8 Å². The molecule has 2 N–H and O–H groups in total. The van der Waals surface area contributed by atoms with E-state index in [1.165, 1.54) is 4.90 Å². The fourth-order valence-electron chi connectivity index (χ4n) is 5.21. The van der Waals surface area contributed by atoms with Crippen LogP contribution in [0.4, 0.5) is 0 Å². The van der Waals surface area contributed by atoms with E-state index in [2.05, 4.69) is 15.6 Å². The number of nitrogens with zero attached hydrogens (tertiary/aromatic N) is 3. The zero-order valence-electron chi connectivity index (χ0n) is 23.6. The Kier molecular flexibility index (Phi) is 8.86. The van der Waals surface area contributed by atoms with Crippen molar-refractivity contribution in [1.29, 1.82) is 0 Å². The van der Waals surface area contributed by atoms with Crippen molar-refractivity contribution in [1.82, 2.24) is 25.1 Å². The summed E-state index contributed by atoms with van der Waals surface area (Å²) >= 11 is 0. The van der Waals surface area contributed by atoms with Crippen LogP contribution in [0.2, 0.25) is 0 Å². The van der Waals surface area contributed by atoms with Gasteiger partial charge in [0.2, 0.25) is 11.8 Å². The van der Waals surface area contributed by atoms with Crippen LogP contribution in [0.5, 0.6) is 11.5 Å². The molecular weight excluding hydrogens is 522 g/mol. The average molecular weight is 560 g/mol. The topological polar surface area (TPSA) is 115 Å². The van der Waals surface area contributed by atoms with Crippen LogP contribution in [0.25, 0.3) is 11.4 Å². The van der Waals surface area contributed by atoms with E-state index in [4.69, 9.17) is 9.47 Å². The van der Waals surface area contributed by atoms with Gasteiger partial charge in [0.25, 0.3) is 5.91 Å². The highest BCUT2D eigenvalue weighted by molar-refractivity contribution is 5.97. The number of nitrogens with one attached hydrogen (secondary N) is 2. The lowest BCUT2D eigenvalue weighted by Gasteiger charge is -2.25. The molecule has 2 aliphatic heterocycles. The number of aromatic nitrogens is 2. The standard InChI is InChI=1S/C31H37N5O5/c1-21(2)17-26-30(38)33-11-14-35-13-10-32-29(35)23-5-3-6-25(19-23)40-15-4-12-36(20-28(37)34-26)31(39)24-7-8-27-22(18-24)9-16-41-27/h3,5-8,10,13,18-19,21,26H,4,9,11-12,14-17,20H2,1-2H3,(H,33,38)(H,34,37)/t26-/m1/s1. The van der Waals surface area contributed by atoms with Crippen LogP contribution in [0, 0.1) is 5.92 Å². The molecule has 2 bridgehead atoms. The van der Waals surface area contributed by atoms with Crippen molar-refractivity contribution in [2.45, 2.75) is 45.7 Å². The van der Waals surface area contributed by atoms with Crippen LogP contribution in [-0.4, -0.2) is 71.1 Å². The number of carbonyl (C=O) groups is 3. The van der Waals surface area contributed by atoms with E-state index in [0.29, 0.717) is 57.0 Å². The second kappa shape index (κ2) is 12.9. The lowest BCUT2D eigenvalue weighted by Crippen LogP contribution is -2.51. The predicted octanol–water partition coefficient (Wildman–Crippen LogP) is 3.06. The van der Waals surface area contributed by atoms with Gasteiger partial charge in [0, 0.05) is 49.6 Å². The molecule has 0 saturated heterocycles. The molecule has 2 aromatic carbocycles. The van der Waals surface area contributed by atoms with Crippen LogP contribution in [0.3, 0.4) is 0 Å². The van der Waals surface area contributed by atoms with Gasteiger partial charge in [-0.15, -0.1) is 0 Å². The molecule has 2 aliphatic rings. The van der Waals surface area contributed by atoms with Crippen molar-refractivity contribution in [2.75, 3.05) is 32.8 Å². The molecule has 5 rings (SSSR count). The summed E-state index contributed by atoms with van der Waals surface area (Å²) in [7, 11) is 0. The number of fused-ring (bicyclic) bond motifs is 5. The smallest absolute Gasteiger partial charge is 0.254 e. The summed E-state index contributed by atoms with van der Waals surface area (Å²) in [5.41, 5.74) is 2.39. The molecule has 216 valence electrons. The fraction of sp³-hybridized carbons (Fsp3) is 0.419. The van der Waals surface area contributed by atoms with E-state index >= 15 is 0 Å². The van der Waals surface area contributed by atoms with Crippen molar-refractivity contribution >= 4 is 17.7 Å². The highest BCUT2D eigenvalue weighted by Gasteiger charge is 2.26. The number of amides is 3. The van der Waals surface area contributed by atoms with E-state index in [-0.39, 0.29) is 30.2 Å². The molecule has 0 radical (unpaired) electrons. The van der Waals surface area contributed by atoms with E-state index in [9.17, 15) is 14.4 Å². The van der Waals surface area contributed by atoms with Crippen molar-refractivity contribution < 1.29 is 23.9 Å². The molecule has 0 spiro atoms. The van der Waals surface area contributed by atoms with Gasteiger partial charge < -0.3 is 29.6 Å². The van der Waals surface area contributed by atoms with Gasteiger partial charge in [0.15, 0.2) is 0 Å². The van der Waals surface area contributed by atoms with Gasteiger partial charge in [-0.2, -0.15) is 0 Å². The number of hydrogen-bond donors (Lipinski definition) is 2. The molecular formula is C31H37N5O5. The Balaban J connectivity index is 1.39. The van der Waals surface area contributed by atoms with Crippen molar-refractivity contribution in [3.05, 3.63) is 66.0 Å². The minimum atomic E-state index is -0.710. The molecule has 41 heavy (non-hydrogen) atoms. The van der Waals surface area contributed by atoms with Gasteiger partial charge in [-0.25, -0.2) is 4.98 Å². The highest BCUT2D eigenvalue weighted by atomic mass is 16.5. The van der Waals surface area contributed by atoms with Crippen LogP contribution < -0.4 is 20.1 Å². The maximum atomic E-state index is 13.6. The first-order chi connectivity index (χ1) is 19.9. The van der Waals surface area contributed by atoms with Crippen molar-refractivity contribution in [2.24, 2.45) is 5.92 Å². The van der Waals surface area contributed by atoms with Crippen LogP contribution >= 0.6 is 0 Å². The summed E-state index contributed by atoms with van der Waals surface area (Å²) in [6.07, 6.45) is 5.35. The summed E-state index contributed by atoms with van der Waals surface area (Å²) in [5.74, 6) is 1.56. The van der Waals surface area contributed by atoms with E-state index in [0.717, 1.165) is 29.1 Å². The Bertz CT molecular complexity index is 1400. The monoisotopic (exact) mass is 559 g/mol. The first-order valence-electron chi connectivity index (χ1n) is 14.2. The first kappa shape index (κ1) is 28.2. The maximum absolute atomic E-state index is 13.6. The number of benzene rings is 2. The zero-order valence-corrected chi connectivity index (χ0v) is 23.6. The summed E-state index contributed by atoms with van der Waals surface area (Å²) in [6, 6.07) is 12.4. The normalized spacial score (nSPS) is 18.2. The third kappa shape index (κ3) is 7.06. The van der Waals surface area contributed by atoms with Gasteiger partial charge in [0.1, 0.15) is 23.4 Å². The molecule has 0 saturated carbocycles. The van der Waals surface area contributed by atoms with Crippen molar-refractivity contribution in [3.8, 4) is 22.9 Å². The number of rotatable bonds is 3. The lowest BCUT2D eigenvalue weighted by molar-refractivity contribution is -0.129. The first-order valence-corrected chi connectivity index (χ1v) is 14.2. The fourth-order valence-corrected chi connectivity index (χ4v) is 5.21. The lowest BCUT2D eigenvalue weighted by atomic mass is 10.0. The third-order valence-corrected chi connectivity index (χ3v) is 7.22.